The second kappa shape index (κ2) is 5.21. The van der Waals surface area contributed by atoms with E-state index in [-0.39, 0.29) is 6.54 Å². The van der Waals surface area contributed by atoms with Gasteiger partial charge in [-0.05, 0) is 12.0 Å². The van der Waals surface area contributed by atoms with Crippen LogP contribution in [0.15, 0.2) is 11.3 Å². The van der Waals surface area contributed by atoms with Crippen molar-refractivity contribution in [2.24, 2.45) is 5.11 Å². The summed E-state index contributed by atoms with van der Waals surface area (Å²) >= 11 is 0. The average Bonchev–Trinajstić information content (AvgIpc) is 2.63. The number of hydrogen-bond acceptors (Lipinski definition) is 4. The molecule has 7 heteroatoms. The minimum Gasteiger partial charge on any atom is -0.387 e. The first-order valence-electron chi connectivity index (χ1n) is 4.37. The van der Waals surface area contributed by atoms with Crippen molar-refractivity contribution >= 4 is 0 Å². The monoisotopic (exact) mass is 196 g/mol. The lowest BCUT2D eigenvalue weighted by molar-refractivity contribution is 0.182. The Labute approximate surface area is 81.0 Å². The Morgan fingerprint density at radius 2 is 2.57 bits per heavy atom. The Morgan fingerprint density at radius 3 is 3.21 bits per heavy atom. The average molecular weight is 196 g/mol. The van der Waals surface area contributed by atoms with Crippen LogP contribution < -0.4 is 0 Å². The number of aromatic nitrogens is 3. The highest BCUT2D eigenvalue weighted by molar-refractivity contribution is 4.97. The lowest BCUT2D eigenvalue weighted by Crippen LogP contribution is -2.01. The molecule has 0 saturated carbocycles. The summed E-state index contributed by atoms with van der Waals surface area (Å²) in [6.07, 6.45) is 1.74. The van der Waals surface area contributed by atoms with Crippen molar-refractivity contribution in [2.45, 2.75) is 26.0 Å². The third kappa shape index (κ3) is 2.72. The van der Waals surface area contributed by atoms with Crippen molar-refractivity contribution in [2.75, 3.05) is 6.54 Å². The van der Waals surface area contributed by atoms with Crippen LogP contribution in [0.1, 0.15) is 25.1 Å². The topological polar surface area (TPSA) is 99.7 Å². The smallest absolute Gasteiger partial charge is 0.111 e. The van der Waals surface area contributed by atoms with Gasteiger partial charge in [-0.1, -0.05) is 17.3 Å². The van der Waals surface area contributed by atoms with Crippen LogP contribution in [0.5, 0.6) is 0 Å². The Morgan fingerprint density at radius 1 is 1.79 bits per heavy atom. The molecule has 1 aromatic heterocycles. The summed E-state index contributed by atoms with van der Waals surface area (Å²) in [6, 6.07) is 0. The van der Waals surface area contributed by atoms with E-state index in [0.717, 1.165) is 13.0 Å². The molecule has 0 amide bonds. The van der Waals surface area contributed by atoms with E-state index >= 15 is 0 Å². The molecule has 1 N–H and O–H groups in total. The number of nitrogens with zero attached hydrogens (tertiary/aromatic N) is 6. The highest BCUT2D eigenvalue weighted by atomic mass is 16.3. The molecule has 1 atom stereocenters. The van der Waals surface area contributed by atoms with Gasteiger partial charge in [0, 0.05) is 11.5 Å². The maximum Gasteiger partial charge on any atom is 0.111 e. The van der Waals surface area contributed by atoms with E-state index < -0.39 is 6.10 Å². The molecule has 0 aliphatic heterocycles. The molecule has 0 spiro atoms. The molecule has 0 fully saturated rings. The number of aryl methyl sites for hydroxylation is 1. The fraction of sp³-hybridized carbons (Fsp3) is 0.714. The van der Waals surface area contributed by atoms with Gasteiger partial charge in [0.25, 0.3) is 0 Å². The third-order valence-electron chi connectivity index (χ3n) is 1.67. The Bertz CT molecular complexity index is 329. The van der Waals surface area contributed by atoms with Crippen molar-refractivity contribution in [1.82, 2.24) is 15.0 Å². The second-order valence-electron chi connectivity index (χ2n) is 2.84. The first-order valence-corrected chi connectivity index (χ1v) is 4.37. The van der Waals surface area contributed by atoms with Gasteiger partial charge in [0.15, 0.2) is 0 Å². The lowest BCUT2D eigenvalue weighted by Gasteiger charge is -2.00. The molecule has 1 aromatic rings. The number of rotatable bonds is 5. The first kappa shape index (κ1) is 10.5. The summed E-state index contributed by atoms with van der Waals surface area (Å²) in [7, 11) is 0. The van der Waals surface area contributed by atoms with Crippen LogP contribution in [-0.2, 0) is 6.54 Å². The minimum absolute atomic E-state index is 0.0126. The molecule has 0 aliphatic carbocycles. The standard InChI is InChI=1S/C7H12N6O/c1-2-3-13-5-6(10-12-13)7(14)4-9-11-8/h5,7,14H,2-4H2,1H3/t7-/m1/s1. The van der Waals surface area contributed by atoms with Crippen LogP contribution in [0.2, 0.25) is 0 Å². The first-order chi connectivity index (χ1) is 6.77. The molecule has 0 radical (unpaired) electrons. The Balaban J connectivity index is 2.60. The zero-order chi connectivity index (χ0) is 10.4. The van der Waals surface area contributed by atoms with Crippen LogP contribution in [0.25, 0.3) is 10.4 Å². The molecule has 1 heterocycles. The second-order valence-corrected chi connectivity index (χ2v) is 2.84. The molecule has 14 heavy (non-hydrogen) atoms. The number of aliphatic hydroxyl groups excluding tert-OH is 1. The maximum atomic E-state index is 9.45. The summed E-state index contributed by atoms with van der Waals surface area (Å²) in [5, 5.41) is 20.3. The number of aliphatic hydroxyl groups is 1. The van der Waals surface area contributed by atoms with Crippen LogP contribution >= 0.6 is 0 Å². The van der Waals surface area contributed by atoms with E-state index in [0.29, 0.717) is 5.69 Å². The number of hydrogen-bond donors (Lipinski definition) is 1. The zero-order valence-electron chi connectivity index (χ0n) is 7.91. The summed E-state index contributed by atoms with van der Waals surface area (Å²) < 4.78 is 1.65. The predicted octanol–water partition coefficient (Wildman–Crippen LogP) is 1.03. The molecule has 0 aromatic carbocycles. The lowest BCUT2D eigenvalue weighted by atomic mass is 10.3. The van der Waals surface area contributed by atoms with Crippen molar-refractivity contribution in [3.05, 3.63) is 22.3 Å². The van der Waals surface area contributed by atoms with E-state index in [1.807, 2.05) is 6.92 Å². The predicted molar refractivity (Wildman–Crippen MR) is 49.3 cm³/mol. The number of azide groups is 1. The van der Waals surface area contributed by atoms with E-state index in [9.17, 15) is 5.11 Å². The van der Waals surface area contributed by atoms with Gasteiger partial charge in [-0.3, -0.25) is 4.68 Å². The quantitative estimate of drug-likeness (QED) is 0.432. The largest absolute Gasteiger partial charge is 0.387 e. The normalized spacial score (nSPS) is 12.1. The molecular formula is C7H12N6O. The molecule has 7 nitrogen and oxygen atoms in total. The summed E-state index contributed by atoms with van der Waals surface area (Å²) in [5.41, 5.74) is 8.49. The zero-order valence-corrected chi connectivity index (χ0v) is 7.91. The van der Waals surface area contributed by atoms with Crippen LogP contribution in [0.4, 0.5) is 0 Å². The van der Waals surface area contributed by atoms with Crippen LogP contribution in [0, 0.1) is 0 Å². The fourth-order valence-electron chi connectivity index (χ4n) is 1.01. The van der Waals surface area contributed by atoms with Gasteiger partial charge in [-0.15, -0.1) is 5.10 Å². The van der Waals surface area contributed by atoms with Crippen molar-refractivity contribution in [3.63, 3.8) is 0 Å². The van der Waals surface area contributed by atoms with Gasteiger partial charge in [0.2, 0.25) is 0 Å². The maximum absolute atomic E-state index is 9.45. The SMILES string of the molecule is CCCn1cc([C@H](O)CN=[N+]=[N-])nn1. The third-order valence-corrected chi connectivity index (χ3v) is 1.67. The molecule has 1 rings (SSSR count). The summed E-state index contributed by atoms with van der Waals surface area (Å²) in [4.78, 5) is 2.55. The fourth-order valence-corrected chi connectivity index (χ4v) is 1.01. The van der Waals surface area contributed by atoms with Crippen molar-refractivity contribution in [3.8, 4) is 0 Å². The molecule has 76 valence electrons. The molecule has 0 aliphatic rings. The van der Waals surface area contributed by atoms with Crippen molar-refractivity contribution in [1.29, 1.82) is 0 Å². The molecular weight excluding hydrogens is 184 g/mol. The van der Waals surface area contributed by atoms with E-state index in [1.165, 1.54) is 0 Å². The van der Waals surface area contributed by atoms with Gasteiger partial charge < -0.3 is 5.11 Å². The molecule has 0 bridgehead atoms. The highest BCUT2D eigenvalue weighted by Gasteiger charge is 2.10. The Kier molecular flexibility index (Phi) is 3.90. The van der Waals surface area contributed by atoms with E-state index in [4.69, 9.17) is 5.53 Å². The van der Waals surface area contributed by atoms with Gasteiger partial charge >= 0.3 is 0 Å². The van der Waals surface area contributed by atoms with E-state index in [2.05, 4.69) is 20.3 Å². The Hall–Kier alpha value is -1.59. The van der Waals surface area contributed by atoms with Gasteiger partial charge in [-0.25, -0.2) is 0 Å². The van der Waals surface area contributed by atoms with Crippen LogP contribution in [0.3, 0.4) is 0 Å². The van der Waals surface area contributed by atoms with Crippen molar-refractivity contribution < 1.29 is 5.11 Å². The molecule has 0 unspecified atom stereocenters. The van der Waals surface area contributed by atoms with Gasteiger partial charge in [-0.2, -0.15) is 0 Å². The van der Waals surface area contributed by atoms with E-state index in [1.54, 1.807) is 10.9 Å². The summed E-state index contributed by atoms with van der Waals surface area (Å²) in [6.45, 7) is 2.78. The van der Waals surface area contributed by atoms with Gasteiger partial charge in [0.1, 0.15) is 11.8 Å². The van der Waals surface area contributed by atoms with Gasteiger partial charge in [0.05, 0.1) is 12.7 Å². The summed E-state index contributed by atoms with van der Waals surface area (Å²) in [5.74, 6) is 0. The van der Waals surface area contributed by atoms with Crippen LogP contribution in [-0.4, -0.2) is 26.6 Å². The molecule has 0 saturated heterocycles. The highest BCUT2D eigenvalue weighted by Crippen LogP contribution is 2.08. The minimum atomic E-state index is -0.864.